The molecule has 0 spiro atoms. The minimum Gasteiger partial charge on any atom is -0.252 e. The van der Waals surface area contributed by atoms with Crippen LogP contribution in [0.25, 0.3) is 11.1 Å². The zero-order valence-corrected chi connectivity index (χ0v) is 11.2. The van der Waals surface area contributed by atoms with Gasteiger partial charge in [0.2, 0.25) is 0 Å². The maximum Gasteiger partial charge on any atom is 0.433 e. The number of sulfone groups is 1. The van der Waals surface area contributed by atoms with Gasteiger partial charge in [0.05, 0.1) is 4.90 Å². The monoisotopic (exact) mass is 301 g/mol. The van der Waals surface area contributed by atoms with Crippen LogP contribution in [-0.4, -0.2) is 19.7 Å². The number of halogens is 3. The van der Waals surface area contributed by atoms with Gasteiger partial charge in [0.15, 0.2) is 9.84 Å². The fraction of sp³-hybridized carbons (Fsp3) is 0.154. The minimum atomic E-state index is -4.51. The fourth-order valence-corrected chi connectivity index (χ4v) is 2.29. The molecular formula is C13H10F3NO2S. The normalized spacial score (nSPS) is 12.4. The van der Waals surface area contributed by atoms with Crippen molar-refractivity contribution in [3.8, 4) is 11.1 Å². The van der Waals surface area contributed by atoms with Crippen LogP contribution in [0.2, 0.25) is 0 Å². The molecule has 0 amide bonds. The van der Waals surface area contributed by atoms with Crippen molar-refractivity contribution in [2.75, 3.05) is 6.26 Å². The van der Waals surface area contributed by atoms with E-state index < -0.39 is 21.7 Å². The number of hydrogen-bond acceptors (Lipinski definition) is 3. The molecule has 0 saturated heterocycles. The third-order valence-electron chi connectivity index (χ3n) is 2.67. The van der Waals surface area contributed by atoms with Crippen molar-refractivity contribution >= 4 is 9.84 Å². The van der Waals surface area contributed by atoms with E-state index in [0.29, 0.717) is 11.1 Å². The van der Waals surface area contributed by atoms with Gasteiger partial charge < -0.3 is 0 Å². The molecule has 0 aliphatic heterocycles. The van der Waals surface area contributed by atoms with Crippen molar-refractivity contribution in [2.45, 2.75) is 11.1 Å². The summed E-state index contributed by atoms with van der Waals surface area (Å²) < 4.78 is 60.3. The van der Waals surface area contributed by atoms with Crippen molar-refractivity contribution in [1.82, 2.24) is 4.98 Å². The summed E-state index contributed by atoms with van der Waals surface area (Å²) in [6.07, 6.45) is -2.37. The first-order valence-electron chi connectivity index (χ1n) is 5.52. The highest BCUT2D eigenvalue weighted by atomic mass is 32.2. The van der Waals surface area contributed by atoms with Gasteiger partial charge in [-0.15, -0.1) is 0 Å². The molecule has 1 aromatic heterocycles. The second kappa shape index (κ2) is 4.90. The molecule has 2 aromatic rings. The Morgan fingerprint density at radius 3 is 2.10 bits per heavy atom. The highest BCUT2D eigenvalue weighted by Crippen LogP contribution is 2.30. The SMILES string of the molecule is CS(=O)(=O)c1ccc(-c2ccnc(C(F)(F)F)c2)cc1. The number of aromatic nitrogens is 1. The number of pyridine rings is 1. The Morgan fingerprint density at radius 1 is 1.00 bits per heavy atom. The molecule has 7 heteroatoms. The van der Waals surface area contributed by atoms with Crippen molar-refractivity contribution in [3.05, 3.63) is 48.3 Å². The summed E-state index contributed by atoms with van der Waals surface area (Å²) in [6, 6.07) is 8.01. The lowest BCUT2D eigenvalue weighted by molar-refractivity contribution is -0.141. The largest absolute Gasteiger partial charge is 0.433 e. The van der Waals surface area contributed by atoms with E-state index in [1.807, 2.05) is 0 Å². The van der Waals surface area contributed by atoms with E-state index in [2.05, 4.69) is 4.98 Å². The zero-order valence-electron chi connectivity index (χ0n) is 10.3. The van der Waals surface area contributed by atoms with Gasteiger partial charge in [-0.05, 0) is 35.4 Å². The molecular weight excluding hydrogens is 291 g/mol. The van der Waals surface area contributed by atoms with Crippen LogP contribution in [0, 0.1) is 0 Å². The lowest BCUT2D eigenvalue weighted by Gasteiger charge is -2.08. The summed E-state index contributed by atoms with van der Waals surface area (Å²) in [6.45, 7) is 0. The second-order valence-electron chi connectivity index (χ2n) is 4.22. The van der Waals surface area contributed by atoms with E-state index in [1.54, 1.807) is 0 Å². The Bertz CT molecular complexity index is 722. The van der Waals surface area contributed by atoms with Crippen LogP contribution in [0.3, 0.4) is 0 Å². The van der Waals surface area contributed by atoms with E-state index in [-0.39, 0.29) is 4.90 Å². The number of alkyl halides is 3. The van der Waals surface area contributed by atoms with Gasteiger partial charge in [-0.1, -0.05) is 12.1 Å². The van der Waals surface area contributed by atoms with Crippen LogP contribution in [0.5, 0.6) is 0 Å². The van der Waals surface area contributed by atoms with E-state index in [4.69, 9.17) is 0 Å². The van der Waals surface area contributed by atoms with Crippen molar-refractivity contribution < 1.29 is 21.6 Å². The highest BCUT2D eigenvalue weighted by Gasteiger charge is 2.32. The predicted molar refractivity (Wildman–Crippen MR) is 67.8 cm³/mol. The van der Waals surface area contributed by atoms with Crippen LogP contribution in [0.1, 0.15) is 5.69 Å². The summed E-state index contributed by atoms with van der Waals surface area (Å²) >= 11 is 0. The molecule has 0 bridgehead atoms. The minimum absolute atomic E-state index is 0.117. The maximum absolute atomic E-state index is 12.6. The number of rotatable bonds is 2. The Balaban J connectivity index is 2.43. The Labute approximate surface area is 114 Å². The fourth-order valence-electron chi connectivity index (χ4n) is 1.66. The first-order valence-corrected chi connectivity index (χ1v) is 7.41. The predicted octanol–water partition coefficient (Wildman–Crippen LogP) is 3.17. The Hall–Kier alpha value is -1.89. The Morgan fingerprint density at radius 2 is 1.60 bits per heavy atom. The number of hydrogen-bond donors (Lipinski definition) is 0. The van der Waals surface area contributed by atoms with Crippen LogP contribution < -0.4 is 0 Å². The van der Waals surface area contributed by atoms with E-state index in [1.165, 1.54) is 30.3 Å². The van der Waals surface area contributed by atoms with Crippen LogP contribution in [0.4, 0.5) is 13.2 Å². The maximum atomic E-state index is 12.6. The lowest BCUT2D eigenvalue weighted by Crippen LogP contribution is -2.07. The molecule has 1 aromatic carbocycles. The molecule has 0 aliphatic rings. The van der Waals surface area contributed by atoms with Crippen LogP contribution in [0.15, 0.2) is 47.5 Å². The molecule has 2 rings (SSSR count). The standard InChI is InChI=1S/C13H10F3NO2S/c1-20(18,19)11-4-2-9(3-5-11)10-6-7-17-12(8-10)13(14,15)16/h2-8H,1H3. The summed E-state index contributed by atoms with van der Waals surface area (Å²) in [5, 5.41) is 0. The third kappa shape index (κ3) is 3.16. The van der Waals surface area contributed by atoms with Gasteiger partial charge in [-0.2, -0.15) is 13.2 Å². The first-order chi connectivity index (χ1) is 9.18. The van der Waals surface area contributed by atoms with Crippen molar-refractivity contribution in [3.63, 3.8) is 0 Å². The summed E-state index contributed by atoms with van der Waals surface area (Å²) in [5.74, 6) is 0. The molecule has 0 unspecified atom stereocenters. The van der Waals surface area contributed by atoms with E-state index >= 15 is 0 Å². The summed E-state index contributed by atoms with van der Waals surface area (Å²) in [7, 11) is -3.33. The van der Waals surface area contributed by atoms with Crippen molar-refractivity contribution in [1.29, 1.82) is 0 Å². The van der Waals surface area contributed by atoms with Gasteiger partial charge >= 0.3 is 6.18 Å². The molecule has 1 heterocycles. The topological polar surface area (TPSA) is 47.0 Å². The number of nitrogens with zero attached hydrogens (tertiary/aromatic N) is 1. The molecule has 0 fully saturated rings. The van der Waals surface area contributed by atoms with Gasteiger partial charge in [-0.25, -0.2) is 8.42 Å². The second-order valence-corrected chi connectivity index (χ2v) is 6.24. The average molecular weight is 301 g/mol. The third-order valence-corrected chi connectivity index (χ3v) is 3.79. The molecule has 0 atom stereocenters. The lowest BCUT2D eigenvalue weighted by atomic mass is 10.1. The zero-order chi connectivity index (χ0) is 15.0. The summed E-state index contributed by atoms with van der Waals surface area (Å²) in [4.78, 5) is 3.39. The molecule has 106 valence electrons. The van der Waals surface area contributed by atoms with Gasteiger partial charge in [-0.3, -0.25) is 4.98 Å². The molecule has 3 nitrogen and oxygen atoms in total. The first kappa shape index (κ1) is 14.5. The molecule has 20 heavy (non-hydrogen) atoms. The van der Waals surface area contributed by atoms with E-state index in [9.17, 15) is 21.6 Å². The van der Waals surface area contributed by atoms with Crippen molar-refractivity contribution in [2.24, 2.45) is 0 Å². The van der Waals surface area contributed by atoms with Crippen LogP contribution in [-0.2, 0) is 16.0 Å². The van der Waals surface area contributed by atoms with E-state index in [0.717, 1.165) is 18.5 Å². The van der Waals surface area contributed by atoms with Gasteiger partial charge in [0, 0.05) is 12.5 Å². The molecule has 0 saturated carbocycles. The summed E-state index contributed by atoms with van der Waals surface area (Å²) in [5.41, 5.74) is -0.167. The quantitative estimate of drug-likeness (QED) is 0.856. The molecule has 0 N–H and O–H groups in total. The molecule has 0 aliphatic carbocycles. The van der Waals surface area contributed by atoms with Gasteiger partial charge in [0.25, 0.3) is 0 Å². The smallest absolute Gasteiger partial charge is 0.252 e. The van der Waals surface area contributed by atoms with Gasteiger partial charge in [0.1, 0.15) is 5.69 Å². The Kier molecular flexibility index (Phi) is 3.56. The van der Waals surface area contributed by atoms with Crippen LogP contribution >= 0.6 is 0 Å². The number of benzene rings is 1. The average Bonchev–Trinajstić information content (AvgIpc) is 2.37. The molecule has 0 radical (unpaired) electrons. The highest BCUT2D eigenvalue weighted by molar-refractivity contribution is 7.90.